The first-order valence-electron chi connectivity index (χ1n) is 8.39. The van der Waals surface area contributed by atoms with Crippen molar-refractivity contribution in [2.45, 2.75) is 26.7 Å². The minimum Gasteiger partial charge on any atom is -0.456 e. The number of anilines is 1. The van der Waals surface area contributed by atoms with Gasteiger partial charge in [-0.15, -0.1) is 11.3 Å². The molecule has 0 aliphatic rings. The molecule has 0 saturated carbocycles. The van der Waals surface area contributed by atoms with Gasteiger partial charge >= 0.3 is 5.97 Å². The van der Waals surface area contributed by atoms with E-state index in [0.29, 0.717) is 6.42 Å². The summed E-state index contributed by atoms with van der Waals surface area (Å²) in [6, 6.07) is 13.6. The highest BCUT2D eigenvalue weighted by Gasteiger charge is 2.12. The predicted molar refractivity (Wildman–Crippen MR) is 103 cm³/mol. The Morgan fingerprint density at radius 1 is 1.08 bits per heavy atom. The topological polar surface area (TPSA) is 68.3 Å². The van der Waals surface area contributed by atoms with Gasteiger partial charge in [0.2, 0.25) is 0 Å². The van der Waals surface area contributed by atoms with Crippen LogP contribution in [0.5, 0.6) is 0 Å². The molecule has 1 N–H and O–H groups in total. The number of nitrogens with zero attached hydrogens (tertiary/aromatic N) is 1. The Hall–Kier alpha value is -2.73. The molecule has 1 amide bonds. The van der Waals surface area contributed by atoms with E-state index in [2.05, 4.69) is 10.3 Å². The number of hydrogen-bond acceptors (Lipinski definition) is 5. The van der Waals surface area contributed by atoms with Crippen LogP contribution in [-0.2, 0) is 20.7 Å². The molecule has 3 aromatic rings. The summed E-state index contributed by atoms with van der Waals surface area (Å²) in [5.74, 6) is -0.739. The summed E-state index contributed by atoms with van der Waals surface area (Å²) >= 11 is 1.57. The highest BCUT2D eigenvalue weighted by molar-refractivity contribution is 7.18. The second kappa shape index (κ2) is 8.10. The zero-order chi connectivity index (χ0) is 18.5. The maximum absolute atomic E-state index is 12.0. The molecule has 134 valence electrons. The smallest absolute Gasteiger partial charge is 0.306 e. The minimum absolute atomic E-state index is 0.205. The number of thiazole rings is 1. The first kappa shape index (κ1) is 18.1. The summed E-state index contributed by atoms with van der Waals surface area (Å²) in [7, 11) is 0. The SMILES string of the molecule is Cc1cccc(C)c1NC(=O)COC(=O)CCc1nc2ccccc2s1. The highest BCUT2D eigenvalue weighted by atomic mass is 32.1. The molecule has 0 aliphatic heterocycles. The molecule has 3 rings (SSSR count). The fourth-order valence-electron chi connectivity index (χ4n) is 2.64. The van der Waals surface area contributed by atoms with Gasteiger partial charge in [-0.3, -0.25) is 9.59 Å². The molecule has 0 unspecified atom stereocenters. The molecular formula is C20H20N2O3S. The van der Waals surface area contributed by atoms with Gasteiger partial charge in [0.1, 0.15) is 0 Å². The Labute approximate surface area is 156 Å². The van der Waals surface area contributed by atoms with Crippen LogP contribution < -0.4 is 5.32 Å². The van der Waals surface area contributed by atoms with Crippen molar-refractivity contribution in [1.29, 1.82) is 0 Å². The third kappa shape index (κ3) is 4.46. The molecule has 0 atom stereocenters. The normalized spacial score (nSPS) is 10.7. The van der Waals surface area contributed by atoms with E-state index in [1.54, 1.807) is 11.3 Å². The number of rotatable bonds is 6. The number of fused-ring (bicyclic) bond motifs is 1. The van der Waals surface area contributed by atoms with Crippen LogP contribution >= 0.6 is 11.3 Å². The number of amides is 1. The second-order valence-corrected chi connectivity index (χ2v) is 7.17. The lowest BCUT2D eigenvalue weighted by molar-refractivity contribution is -0.147. The Kier molecular flexibility index (Phi) is 5.63. The molecule has 0 aliphatic carbocycles. The number of nitrogens with one attached hydrogen (secondary N) is 1. The molecule has 0 saturated heterocycles. The quantitative estimate of drug-likeness (QED) is 0.667. The minimum atomic E-state index is -0.402. The summed E-state index contributed by atoms with van der Waals surface area (Å²) < 4.78 is 6.18. The van der Waals surface area contributed by atoms with Gasteiger partial charge in [0.05, 0.1) is 21.6 Å². The summed E-state index contributed by atoms with van der Waals surface area (Å²) in [6.45, 7) is 3.56. The Morgan fingerprint density at radius 3 is 2.54 bits per heavy atom. The highest BCUT2D eigenvalue weighted by Crippen LogP contribution is 2.22. The molecule has 1 aromatic heterocycles. The van der Waals surface area contributed by atoms with E-state index in [1.165, 1.54) is 0 Å². The van der Waals surface area contributed by atoms with Crippen LogP contribution in [0.3, 0.4) is 0 Å². The van der Waals surface area contributed by atoms with Gasteiger partial charge < -0.3 is 10.1 Å². The van der Waals surface area contributed by atoms with E-state index in [4.69, 9.17) is 4.74 Å². The summed E-state index contributed by atoms with van der Waals surface area (Å²) in [6.07, 6.45) is 0.715. The summed E-state index contributed by atoms with van der Waals surface area (Å²) in [5.41, 5.74) is 3.65. The van der Waals surface area contributed by atoms with Crippen LogP contribution in [0, 0.1) is 13.8 Å². The van der Waals surface area contributed by atoms with Crippen molar-refractivity contribution in [3.05, 3.63) is 58.6 Å². The molecule has 0 fully saturated rings. The van der Waals surface area contributed by atoms with Crippen LogP contribution in [0.4, 0.5) is 5.69 Å². The number of hydrogen-bond donors (Lipinski definition) is 1. The fourth-order valence-corrected chi connectivity index (χ4v) is 3.61. The lowest BCUT2D eigenvalue weighted by Crippen LogP contribution is -2.22. The molecule has 0 spiro atoms. The molecule has 5 nitrogen and oxygen atoms in total. The molecule has 26 heavy (non-hydrogen) atoms. The number of aryl methyl sites for hydroxylation is 3. The first-order chi connectivity index (χ1) is 12.5. The maximum Gasteiger partial charge on any atom is 0.306 e. The predicted octanol–water partition coefficient (Wildman–Crippen LogP) is 4.03. The maximum atomic E-state index is 12.0. The van der Waals surface area contributed by atoms with Gasteiger partial charge in [0.15, 0.2) is 6.61 Å². The first-order valence-corrected chi connectivity index (χ1v) is 9.21. The summed E-state index contributed by atoms with van der Waals surface area (Å²) in [4.78, 5) is 28.4. The number of carbonyl (C=O) groups is 2. The molecule has 0 radical (unpaired) electrons. The van der Waals surface area contributed by atoms with Gasteiger partial charge in [-0.25, -0.2) is 4.98 Å². The third-order valence-corrected chi connectivity index (χ3v) is 5.09. The van der Waals surface area contributed by atoms with Crippen molar-refractivity contribution in [3.8, 4) is 0 Å². The van der Waals surface area contributed by atoms with Crippen molar-refractivity contribution in [2.75, 3.05) is 11.9 Å². The summed E-state index contributed by atoms with van der Waals surface area (Å²) in [5, 5.41) is 3.69. The number of aromatic nitrogens is 1. The Morgan fingerprint density at radius 2 is 1.81 bits per heavy atom. The molecular weight excluding hydrogens is 348 g/mol. The van der Waals surface area contributed by atoms with Crippen LogP contribution in [0.2, 0.25) is 0 Å². The van der Waals surface area contributed by atoms with Crippen molar-refractivity contribution < 1.29 is 14.3 Å². The lowest BCUT2D eigenvalue weighted by Gasteiger charge is -2.11. The molecule has 6 heteroatoms. The van der Waals surface area contributed by atoms with Gasteiger partial charge in [0.25, 0.3) is 5.91 Å². The monoisotopic (exact) mass is 368 g/mol. The van der Waals surface area contributed by atoms with Crippen LogP contribution in [0.15, 0.2) is 42.5 Å². The van der Waals surface area contributed by atoms with Crippen molar-refractivity contribution in [1.82, 2.24) is 4.98 Å². The van der Waals surface area contributed by atoms with E-state index in [9.17, 15) is 9.59 Å². The van der Waals surface area contributed by atoms with E-state index >= 15 is 0 Å². The number of esters is 1. The Bertz CT molecular complexity index is 896. The van der Waals surface area contributed by atoms with E-state index in [0.717, 1.165) is 32.0 Å². The average Bonchev–Trinajstić information content (AvgIpc) is 3.04. The zero-order valence-corrected chi connectivity index (χ0v) is 15.6. The van der Waals surface area contributed by atoms with Crippen molar-refractivity contribution >= 4 is 39.1 Å². The number of ether oxygens (including phenoxy) is 1. The number of carbonyl (C=O) groups excluding carboxylic acids is 2. The van der Waals surface area contributed by atoms with Gasteiger partial charge in [-0.1, -0.05) is 30.3 Å². The molecule has 2 aromatic carbocycles. The van der Waals surface area contributed by atoms with Crippen molar-refractivity contribution in [3.63, 3.8) is 0 Å². The number of para-hydroxylation sites is 2. The van der Waals surface area contributed by atoms with E-state index in [-0.39, 0.29) is 18.9 Å². The second-order valence-electron chi connectivity index (χ2n) is 6.05. The van der Waals surface area contributed by atoms with E-state index < -0.39 is 5.97 Å². The van der Waals surface area contributed by atoms with E-state index in [1.807, 2.05) is 56.3 Å². The molecule has 1 heterocycles. The molecule has 0 bridgehead atoms. The van der Waals surface area contributed by atoms with Crippen LogP contribution in [0.1, 0.15) is 22.6 Å². The van der Waals surface area contributed by atoms with Gasteiger partial charge in [-0.05, 0) is 37.1 Å². The number of benzene rings is 2. The largest absolute Gasteiger partial charge is 0.456 e. The fraction of sp³-hybridized carbons (Fsp3) is 0.250. The van der Waals surface area contributed by atoms with Crippen LogP contribution in [-0.4, -0.2) is 23.5 Å². The Balaban J connectivity index is 1.47. The average molecular weight is 368 g/mol. The third-order valence-electron chi connectivity index (χ3n) is 3.99. The van der Waals surface area contributed by atoms with Crippen LogP contribution in [0.25, 0.3) is 10.2 Å². The van der Waals surface area contributed by atoms with Crippen molar-refractivity contribution in [2.24, 2.45) is 0 Å². The standard InChI is InChI=1S/C20H20N2O3S/c1-13-6-5-7-14(2)20(13)22-17(23)12-25-19(24)11-10-18-21-15-8-3-4-9-16(15)26-18/h3-9H,10-12H2,1-2H3,(H,22,23). The van der Waals surface area contributed by atoms with Gasteiger partial charge in [-0.2, -0.15) is 0 Å². The lowest BCUT2D eigenvalue weighted by atomic mass is 10.1. The zero-order valence-electron chi connectivity index (χ0n) is 14.7. The van der Waals surface area contributed by atoms with Gasteiger partial charge in [0, 0.05) is 12.1 Å².